The van der Waals surface area contributed by atoms with E-state index in [9.17, 15) is 14.0 Å². The van der Waals surface area contributed by atoms with Crippen molar-refractivity contribution in [2.45, 2.75) is 13.8 Å². The van der Waals surface area contributed by atoms with E-state index in [0.29, 0.717) is 29.4 Å². The summed E-state index contributed by atoms with van der Waals surface area (Å²) in [4.78, 5) is 28.2. The molecule has 1 heterocycles. The predicted octanol–water partition coefficient (Wildman–Crippen LogP) is 3.14. The quantitative estimate of drug-likeness (QED) is 0.699. The summed E-state index contributed by atoms with van der Waals surface area (Å²) in [5.74, 6) is -0.815. The lowest BCUT2D eigenvalue weighted by molar-refractivity contribution is 0.0526. The first-order valence-electron chi connectivity index (χ1n) is 8.26. The van der Waals surface area contributed by atoms with Gasteiger partial charge in [0.2, 0.25) is 5.82 Å². The zero-order valence-electron chi connectivity index (χ0n) is 14.8. The SMILES string of the molecule is CCOC(=O)c1ccc(NC(=O)c2nc(C)n(-c3ccc(F)cc3)n2)cc1. The van der Waals surface area contributed by atoms with E-state index < -0.39 is 11.9 Å². The molecule has 0 aliphatic carbocycles. The Labute approximate surface area is 154 Å². The number of aryl methyl sites for hydroxylation is 1. The van der Waals surface area contributed by atoms with Gasteiger partial charge in [-0.2, -0.15) is 0 Å². The molecule has 7 nitrogen and oxygen atoms in total. The predicted molar refractivity (Wildman–Crippen MR) is 96.4 cm³/mol. The molecule has 0 radical (unpaired) electrons. The Balaban J connectivity index is 1.74. The van der Waals surface area contributed by atoms with Crippen LogP contribution in [-0.2, 0) is 4.74 Å². The first-order chi connectivity index (χ1) is 13.0. The van der Waals surface area contributed by atoms with Crippen LogP contribution in [0.3, 0.4) is 0 Å². The second kappa shape index (κ2) is 7.77. The average Bonchev–Trinajstić information content (AvgIpc) is 3.05. The summed E-state index contributed by atoms with van der Waals surface area (Å²) in [7, 11) is 0. The molecule has 0 bridgehead atoms. The highest BCUT2D eigenvalue weighted by atomic mass is 19.1. The molecule has 0 saturated carbocycles. The number of ether oxygens (including phenoxy) is 1. The summed E-state index contributed by atoms with van der Waals surface area (Å²) in [5, 5.41) is 6.84. The zero-order valence-corrected chi connectivity index (χ0v) is 14.8. The number of hydrogen-bond donors (Lipinski definition) is 1. The lowest BCUT2D eigenvalue weighted by Crippen LogP contribution is -2.14. The van der Waals surface area contributed by atoms with Gasteiger partial charge in [0.25, 0.3) is 5.91 Å². The van der Waals surface area contributed by atoms with E-state index in [1.54, 1.807) is 50.2 Å². The Morgan fingerprint density at radius 3 is 2.41 bits per heavy atom. The average molecular weight is 368 g/mol. The van der Waals surface area contributed by atoms with Crippen molar-refractivity contribution in [3.63, 3.8) is 0 Å². The van der Waals surface area contributed by atoms with Crippen molar-refractivity contribution < 1.29 is 18.7 Å². The molecule has 0 fully saturated rings. The Kier molecular flexibility index (Phi) is 5.25. The largest absolute Gasteiger partial charge is 0.462 e. The first-order valence-corrected chi connectivity index (χ1v) is 8.26. The molecule has 2 aromatic carbocycles. The van der Waals surface area contributed by atoms with Crippen LogP contribution >= 0.6 is 0 Å². The van der Waals surface area contributed by atoms with E-state index >= 15 is 0 Å². The van der Waals surface area contributed by atoms with Crippen LogP contribution in [0.15, 0.2) is 48.5 Å². The highest BCUT2D eigenvalue weighted by Crippen LogP contribution is 2.14. The van der Waals surface area contributed by atoms with E-state index in [4.69, 9.17) is 4.74 Å². The number of carbonyl (C=O) groups is 2. The molecule has 3 rings (SSSR count). The van der Waals surface area contributed by atoms with Gasteiger partial charge in [0.05, 0.1) is 17.9 Å². The van der Waals surface area contributed by atoms with E-state index in [2.05, 4.69) is 15.4 Å². The van der Waals surface area contributed by atoms with Gasteiger partial charge >= 0.3 is 5.97 Å². The number of amides is 1. The maximum Gasteiger partial charge on any atom is 0.338 e. The van der Waals surface area contributed by atoms with Crippen molar-refractivity contribution in [1.82, 2.24) is 14.8 Å². The molecule has 1 aromatic heterocycles. The minimum absolute atomic E-state index is 0.0219. The Hall–Kier alpha value is -3.55. The lowest BCUT2D eigenvalue weighted by atomic mass is 10.2. The standard InChI is InChI=1S/C19H17FN4O3/c1-3-27-19(26)13-4-8-15(9-5-13)22-18(25)17-21-12(2)24(23-17)16-10-6-14(20)7-11-16/h4-11H,3H2,1-2H3,(H,22,25). The number of halogens is 1. The molecular weight excluding hydrogens is 351 g/mol. The number of nitrogens with one attached hydrogen (secondary N) is 1. The lowest BCUT2D eigenvalue weighted by Gasteiger charge is -2.05. The van der Waals surface area contributed by atoms with Gasteiger partial charge in [-0.1, -0.05) is 0 Å². The molecule has 0 saturated heterocycles. The van der Waals surface area contributed by atoms with Gasteiger partial charge in [-0.05, 0) is 62.4 Å². The number of benzene rings is 2. The number of hydrogen-bond acceptors (Lipinski definition) is 5. The van der Waals surface area contributed by atoms with E-state index in [0.717, 1.165) is 0 Å². The molecule has 1 N–H and O–H groups in total. The summed E-state index contributed by atoms with van der Waals surface area (Å²) < 4.78 is 19.4. The van der Waals surface area contributed by atoms with Gasteiger partial charge < -0.3 is 10.1 Å². The Morgan fingerprint density at radius 1 is 1.11 bits per heavy atom. The number of carbonyl (C=O) groups excluding carboxylic acids is 2. The highest BCUT2D eigenvalue weighted by molar-refractivity contribution is 6.01. The molecule has 138 valence electrons. The van der Waals surface area contributed by atoms with Crippen molar-refractivity contribution in [2.24, 2.45) is 0 Å². The summed E-state index contributed by atoms with van der Waals surface area (Å²) in [6, 6.07) is 12.0. The van der Waals surface area contributed by atoms with Crippen LogP contribution in [0.2, 0.25) is 0 Å². The fourth-order valence-electron chi connectivity index (χ4n) is 2.40. The first kappa shape index (κ1) is 18.2. The van der Waals surface area contributed by atoms with Crippen molar-refractivity contribution in [3.05, 3.63) is 71.6 Å². The molecule has 0 atom stereocenters. The molecular formula is C19H17FN4O3. The second-order valence-corrected chi connectivity index (χ2v) is 5.62. The third-order valence-electron chi connectivity index (χ3n) is 3.70. The summed E-state index contributed by atoms with van der Waals surface area (Å²) in [6.45, 7) is 3.72. The number of rotatable bonds is 5. The van der Waals surface area contributed by atoms with E-state index in [1.807, 2.05) is 0 Å². The second-order valence-electron chi connectivity index (χ2n) is 5.62. The van der Waals surface area contributed by atoms with Gasteiger partial charge in [-0.15, -0.1) is 5.10 Å². The Morgan fingerprint density at radius 2 is 1.78 bits per heavy atom. The van der Waals surface area contributed by atoms with Crippen LogP contribution in [0.25, 0.3) is 5.69 Å². The van der Waals surface area contributed by atoms with Gasteiger partial charge in [0.15, 0.2) is 0 Å². The van der Waals surface area contributed by atoms with Crippen molar-refractivity contribution in [3.8, 4) is 5.69 Å². The fraction of sp³-hybridized carbons (Fsp3) is 0.158. The smallest absolute Gasteiger partial charge is 0.338 e. The summed E-state index contributed by atoms with van der Waals surface area (Å²) >= 11 is 0. The maximum absolute atomic E-state index is 13.1. The number of esters is 1. The molecule has 0 spiro atoms. The zero-order chi connectivity index (χ0) is 19.4. The Bertz CT molecular complexity index is 966. The highest BCUT2D eigenvalue weighted by Gasteiger charge is 2.16. The summed E-state index contributed by atoms with van der Waals surface area (Å²) in [6.07, 6.45) is 0. The molecule has 8 heteroatoms. The van der Waals surface area contributed by atoms with E-state index in [1.165, 1.54) is 16.8 Å². The molecule has 0 aliphatic heterocycles. The molecule has 27 heavy (non-hydrogen) atoms. The molecule has 3 aromatic rings. The normalized spacial score (nSPS) is 10.5. The molecule has 1 amide bonds. The van der Waals surface area contributed by atoms with Gasteiger partial charge in [0.1, 0.15) is 11.6 Å². The third kappa shape index (κ3) is 4.17. The number of anilines is 1. The maximum atomic E-state index is 13.1. The van der Waals surface area contributed by atoms with E-state index in [-0.39, 0.29) is 11.6 Å². The van der Waals surface area contributed by atoms with Crippen LogP contribution in [0.5, 0.6) is 0 Å². The van der Waals surface area contributed by atoms with Crippen LogP contribution in [-0.4, -0.2) is 33.2 Å². The van der Waals surface area contributed by atoms with Crippen LogP contribution < -0.4 is 5.32 Å². The minimum atomic E-state index is -0.497. The number of nitrogens with zero attached hydrogens (tertiary/aromatic N) is 3. The fourth-order valence-corrected chi connectivity index (χ4v) is 2.40. The monoisotopic (exact) mass is 368 g/mol. The van der Waals surface area contributed by atoms with Gasteiger partial charge in [0, 0.05) is 5.69 Å². The van der Waals surface area contributed by atoms with Gasteiger partial charge in [-0.3, -0.25) is 4.79 Å². The minimum Gasteiger partial charge on any atom is -0.462 e. The van der Waals surface area contributed by atoms with Crippen LogP contribution in [0, 0.1) is 12.7 Å². The summed E-state index contributed by atoms with van der Waals surface area (Å²) in [5.41, 5.74) is 1.48. The molecule has 0 unspecified atom stereocenters. The third-order valence-corrected chi connectivity index (χ3v) is 3.70. The van der Waals surface area contributed by atoms with Crippen LogP contribution in [0.4, 0.5) is 10.1 Å². The van der Waals surface area contributed by atoms with Crippen molar-refractivity contribution in [1.29, 1.82) is 0 Å². The van der Waals surface area contributed by atoms with Crippen molar-refractivity contribution >= 4 is 17.6 Å². The topological polar surface area (TPSA) is 86.1 Å². The van der Waals surface area contributed by atoms with Crippen LogP contribution in [0.1, 0.15) is 33.7 Å². The number of aromatic nitrogens is 3. The van der Waals surface area contributed by atoms with Crippen molar-refractivity contribution in [2.75, 3.05) is 11.9 Å². The van der Waals surface area contributed by atoms with Gasteiger partial charge in [-0.25, -0.2) is 18.9 Å². The molecule has 0 aliphatic rings.